The van der Waals surface area contributed by atoms with E-state index < -0.39 is 5.97 Å². The van der Waals surface area contributed by atoms with Gasteiger partial charge >= 0.3 is 5.97 Å². The van der Waals surface area contributed by atoms with Gasteiger partial charge in [0.1, 0.15) is 0 Å². The number of amides is 1. The summed E-state index contributed by atoms with van der Waals surface area (Å²) in [6.45, 7) is 0.160. The summed E-state index contributed by atoms with van der Waals surface area (Å²) in [5.74, 6) is -1.06. The van der Waals surface area contributed by atoms with E-state index in [1.165, 1.54) is 0 Å². The van der Waals surface area contributed by atoms with Gasteiger partial charge in [0.2, 0.25) is 5.91 Å². The number of nitrogens with one attached hydrogen (secondary N) is 1. The van der Waals surface area contributed by atoms with E-state index in [9.17, 15) is 9.59 Å². The largest absolute Gasteiger partial charge is 0.481 e. The molecule has 5 heteroatoms. The van der Waals surface area contributed by atoms with Gasteiger partial charge in [-0.05, 0) is 26.1 Å². The average Bonchev–Trinajstić information content (AvgIpc) is 2.36. The second-order valence-electron chi connectivity index (χ2n) is 4.60. The zero-order valence-electron chi connectivity index (χ0n) is 11.3. The Morgan fingerprint density at radius 1 is 1.26 bits per heavy atom. The van der Waals surface area contributed by atoms with Crippen LogP contribution in [0.25, 0.3) is 0 Å². The maximum absolute atomic E-state index is 12.0. The monoisotopic (exact) mass is 264 g/mol. The lowest BCUT2D eigenvalue weighted by atomic mass is 10.0. The fourth-order valence-corrected chi connectivity index (χ4v) is 1.76. The van der Waals surface area contributed by atoms with Gasteiger partial charge in [-0.25, -0.2) is 0 Å². The Hall–Kier alpha value is -1.88. The van der Waals surface area contributed by atoms with E-state index in [1.54, 1.807) is 0 Å². The molecule has 0 saturated heterocycles. The number of carboxylic acids is 1. The number of hydrogen-bond donors (Lipinski definition) is 2. The minimum atomic E-state index is -0.912. The molecule has 0 aliphatic carbocycles. The molecule has 0 bridgehead atoms. The first-order valence-electron chi connectivity index (χ1n) is 6.20. The fourth-order valence-electron chi connectivity index (χ4n) is 1.76. The summed E-state index contributed by atoms with van der Waals surface area (Å²) in [5.41, 5.74) is 1.08. The summed E-state index contributed by atoms with van der Waals surface area (Å²) in [5, 5.41) is 11.2. The number of likely N-dealkylation sites (N-methyl/N-ethyl adjacent to an activating group) is 1. The van der Waals surface area contributed by atoms with Gasteiger partial charge in [0.05, 0.1) is 12.5 Å². The van der Waals surface area contributed by atoms with Crippen LogP contribution in [0.3, 0.4) is 0 Å². The minimum Gasteiger partial charge on any atom is -0.481 e. The highest BCUT2D eigenvalue weighted by Gasteiger charge is 2.20. The second-order valence-corrected chi connectivity index (χ2v) is 4.60. The number of hydrogen-bond acceptors (Lipinski definition) is 3. The van der Waals surface area contributed by atoms with Crippen LogP contribution in [0.2, 0.25) is 0 Å². The molecule has 1 aromatic carbocycles. The molecule has 1 rings (SSSR count). The predicted octanol–water partition coefficient (Wildman–Crippen LogP) is 0.750. The third-order valence-corrected chi connectivity index (χ3v) is 2.84. The quantitative estimate of drug-likeness (QED) is 0.762. The molecule has 0 heterocycles. The number of rotatable bonds is 7. The van der Waals surface area contributed by atoms with Crippen molar-refractivity contribution in [1.82, 2.24) is 10.2 Å². The van der Waals surface area contributed by atoms with E-state index in [0.29, 0.717) is 6.42 Å². The van der Waals surface area contributed by atoms with E-state index in [0.717, 1.165) is 5.56 Å². The highest BCUT2D eigenvalue weighted by Crippen LogP contribution is 2.07. The topological polar surface area (TPSA) is 69.6 Å². The van der Waals surface area contributed by atoms with E-state index in [4.69, 9.17) is 5.11 Å². The Morgan fingerprint density at radius 3 is 2.42 bits per heavy atom. The third-order valence-electron chi connectivity index (χ3n) is 2.84. The van der Waals surface area contributed by atoms with Crippen molar-refractivity contribution in [1.29, 1.82) is 0 Å². The zero-order chi connectivity index (χ0) is 14.3. The Balaban J connectivity index is 2.57. The van der Waals surface area contributed by atoms with Crippen molar-refractivity contribution in [2.75, 3.05) is 20.6 Å². The highest BCUT2D eigenvalue weighted by molar-refractivity contribution is 5.82. The lowest BCUT2D eigenvalue weighted by Gasteiger charge is -2.23. The van der Waals surface area contributed by atoms with Crippen LogP contribution < -0.4 is 5.32 Å². The van der Waals surface area contributed by atoms with Gasteiger partial charge in [-0.1, -0.05) is 30.3 Å². The Labute approximate surface area is 113 Å². The number of benzene rings is 1. The molecule has 0 aromatic heterocycles. The third kappa shape index (κ3) is 5.52. The van der Waals surface area contributed by atoms with E-state index in [1.807, 2.05) is 49.3 Å². The van der Waals surface area contributed by atoms with Gasteiger partial charge in [0, 0.05) is 6.54 Å². The van der Waals surface area contributed by atoms with Gasteiger partial charge in [-0.15, -0.1) is 0 Å². The maximum atomic E-state index is 12.0. The van der Waals surface area contributed by atoms with Crippen LogP contribution >= 0.6 is 0 Å². The molecular weight excluding hydrogens is 244 g/mol. The van der Waals surface area contributed by atoms with Crippen LogP contribution in [0.1, 0.15) is 12.0 Å². The van der Waals surface area contributed by atoms with Gasteiger partial charge in [-0.3, -0.25) is 14.5 Å². The molecule has 2 N–H and O–H groups in total. The zero-order valence-corrected chi connectivity index (χ0v) is 11.3. The van der Waals surface area contributed by atoms with Gasteiger partial charge in [0.25, 0.3) is 0 Å². The van der Waals surface area contributed by atoms with Crippen molar-refractivity contribution < 1.29 is 14.7 Å². The molecule has 0 saturated carbocycles. The Morgan fingerprint density at radius 2 is 1.89 bits per heavy atom. The molecule has 0 fully saturated rings. The summed E-state index contributed by atoms with van der Waals surface area (Å²) in [6, 6.07) is 9.45. The van der Waals surface area contributed by atoms with E-state index in [2.05, 4.69) is 5.32 Å². The normalized spacial score (nSPS) is 12.2. The van der Waals surface area contributed by atoms with Crippen LogP contribution in [-0.4, -0.2) is 48.6 Å². The van der Waals surface area contributed by atoms with Crippen LogP contribution in [0.5, 0.6) is 0 Å². The molecule has 104 valence electrons. The molecule has 0 unspecified atom stereocenters. The summed E-state index contributed by atoms with van der Waals surface area (Å²) >= 11 is 0. The molecule has 0 spiro atoms. The van der Waals surface area contributed by atoms with E-state index in [-0.39, 0.29) is 24.9 Å². The van der Waals surface area contributed by atoms with Crippen molar-refractivity contribution in [3.8, 4) is 0 Å². The molecule has 0 radical (unpaired) electrons. The first-order valence-corrected chi connectivity index (χ1v) is 6.20. The predicted molar refractivity (Wildman–Crippen MR) is 72.9 cm³/mol. The van der Waals surface area contributed by atoms with Crippen molar-refractivity contribution in [2.45, 2.75) is 18.9 Å². The molecule has 19 heavy (non-hydrogen) atoms. The van der Waals surface area contributed by atoms with Gasteiger partial charge < -0.3 is 10.4 Å². The number of carbonyl (C=O) groups is 2. The molecule has 1 amide bonds. The van der Waals surface area contributed by atoms with Crippen molar-refractivity contribution in [2.24, 2.45) is 0 Å². The van der Waals surface area contributed by atoms with Crippen molar-refractivity contribution in [3.05, 3.63) is 35.9 Å². The van der Waals surface area contributed by atoms with Gasteiger partial charge in [-0.2, -0.15) is 0 Å². The lowest BCUT2D eigenvalue weighted by molar-refractivity contribution is -0.137. The standard InChI is InChI=1S/C14H20N2O3/c1-16(2)12(10-11-6-4-3-5-7-11)14(19)15-9-8-13(17)18/h3-7,12H,8-10H2,1-2H3,(H,15,19)(H,17,18)/t12-/m0/s1. The summed E-state index contributed by atoms with van der Waals surface area (Å²) in [6.07, 6.45) is 0.546. The van der Waals surface area contributed by atoms with Gasteiger partial charge in [0.15, 0.2) is 0 Å². The molecule has 5 nitrogen and oxygen atoms in total. The fraction of sp³-hybridized carbons (Fsp3) is 0.429. The summed E-state index contributed by atoms with van der Waals surface area (Å²) in [4.78, 5) is 24.3. The molecule has 0 aliphatic heterocycles. The van der Waals surface area contributed by atoms with Crippen molar-refractivity contribution in [3.63, 3.8) is 0 Å². The molecule has 1 atom stereocenters. The summed E-state index contributed by atoms with van der Waals surface area (Å²) < 4.78 is 0. The average molecular weight is 264 g/mol. The Bertz CT molecular complexity index is 418. The summed E-state index contributed by atoms with van der Waals surface area (Å²) in [7, 11) is 3.68. The first-order chi connectivity index (χ1) is 9.00. The van der Waals surface area contributed by atoms with Crippen molar-refractivity contribution >= 4 is 11.9 Å². The number of carbonyl (C=O) groups excluding carboxylic acids is 1. The molecular formula is C14H20N2O3. The smallest absolute Gasteiger partial charge is 0.305 e. The minimum absolute atomic E-state index is 0.0583. The number of nitrogens with zero attached hydrogens (tertiary/aromatic N) is 1. The SMILES string of the molecule is CN(C)[C@@H](Cc1ccccc1)C(=O)NCCC(=O)O. The lowest BCUT2D eigenvalue weighted by Crippen LogP contribution is -2.45. The first kappa shape index (κ1) is 15.2. The second kappa shape index (κ2) is 7.53. The van der Waals surface area contributed by atoms with E-state index >= 15 is 0 Å². The molecule has 0 aliphatic rings. The maximum Gasteiger partial charge on any atom is 0.305 e. The molecule has 1 aromatic rings. The Kier molecular flexibility index (Phi) is 6.02. The van der Waals surface area contributed by atoms with Crippen LogP contribution in [-0.2, 0) is 16.0 Å². The number of carboxylic acid groups (broad SMARTS) is 1. The van der Waals surface area contributed by atoms with Crippen LogP contribution in [0.15, 0.2) is 30.3 Å². The van der Waals surface area contributed by atoms with Crippen LogP contribution in [0.4, 0.5) is 0 Å². The highest BCUT2D eigenvalue weighted by atomic mass is 16.4. The number of aliphatic carboxylic acids is 1. The van der Waals surface area contributed by atoms with Crippen LogP contribution in [0, 0.1) is 0 Å².